The van der Waals surface area contributed by atoms with E-state index in [4.69, 9.17) is 22.1 Å². The molecule has 37 heavy (non-hydrogen) atoms. The molecule has 0 aliphatic carbocycles. The van der Waals surface area contributed by atoms with Crippen molar-refractivity contribution in [1.82, 2.24) is 15.0 Å². The van der Waals surface area contributed by atoms with E-state index in [0.717, 1.165) is 12.1 Å². The largest absolute Gasteiger partial charge is 0.471 e. The maximum Gasteiger partial charge on any atom is 0.319 e. The summed E-state index contributed by atoms with van der Waals surface area (Å²) in [4.78, 5) is 35.8. The van der Waals surface area contributed by atoms with E-state index in [-0.39, 0.29) is 59.2 Å². The molecule has 4 amide bonds. The van der Waals surface area contributed by atoms with Crippen molar-refractivity contribution >= 4 is 46.0 Å². The summed E-state index contributed by atoms with van der Waals surface area (Å²) in [6.45, 7) is 2.95. The zero-order chi connectivity index (χ0) is 27.7. The van der Waals surface area contributed by atoms with Crippen molar-refractivity contribution in [3.8, 4) is 5.88 Å². The third-order valence-corrected chi connectivity index (χ3v) is 5.74. The van der Waals surface area contributed by atoms with Gasteiger partial charge in [0.25, 0.3) is 5.91 Å². The van der Waals surface area contributed by atoms with Gasteiger partial charge in [0, 0.05) is 17.6 Å². The lowest BCUT2D eigenvalue weighted by molar-refractivity contribution is -0.123. The van der Waals surface area contributed by atoms with E-state index in [2.05, 4.69) is 20.3 Å². The Hall–Kier alpha value is -3.07. The molecule has 2 aromatic rings. The zero-order valence-corrected chi connectivity index (χ0v) is 21.6. The van der Waals surface area contributed by atoms with Crippen LogP contribution in [-0.4, -0.2) is 57.2 Å². The third-order valence-electron chi connectivity index (χ3n) is 4.77. The fourth-order valence-corrected chi connectivity index (χ4v) is 4.06. The Morgan fingerprint density at radius 3 is 2.43 bits per heavy atom. The third kappa shape index (κ3) is 9.72. The molecule has 0 saturated heterocycles. The van der Waals surface area contributed by atoms with Gasteiger partial charge in [0.2, 0.25) is 11.8 Å². The van der Waals surface area contributed by atoms with Crippen LogP contribution in [0.15, 0.2) is 12.1 Å². The van der Waals surface area contributed by atoms with Crippen LogP contribution in [0.4, 0.5) is 18.6 Å². The number of nitrogens with one attached hydrogen (secondary N) is 3. The van der Waals surface area contributed by atoms with Gasteiger partial charge in [0.15, 0.2) is 0 Å². The van der Waals surface area contributed by atoms with E-state index in [1.54, 1.807) is 13.8 Å². The second-order valence-electron chi connectivity index (χ2n) is 8.33. The minimum atomic E-state index is -1.05. The van der Waals surface area contributed by atoms with Crippen molar-refractivity contribution in [2.75, 3.05) is 11.9 Å². The van der Waals surface area contributed by atoms with E-state index in [1.807, 2.05) is 0 Å². The van der Waals surface area contributed by atoms with Gasteiger partial charge in [-0.25, -0.2) is 13.6 Å². The van der Waals surface area contributed by atoms with E-state index < -0.39 is 48.0 Å². The van der Waals surface area contributed by atoms with E-state index >= 15 is 0 Å². The molecule has 0 saturated carbocycles. The number of aliphatic hydroxyl groups excluding tert-OH is 2. The number of amides is 4. The highest BCUT2D eigenvalue weighted by molar-refractivity contribution is 7.11. The number of primary amides is 1. The summed E-state index contributed by atoms with van der Waals surface area (Å²) >= 11 is 6.25. The van der Waals surface area contributed by atoms with Crippen LogP contribution < -0.4 is 26.4 Å². The fraction of sp³-hybridized carbons (Fsp3) is 0.455. The van der Waals surface area contributed by atoms with Gasteiger partial charge in [-0.05, 0) is 50.4 Å². The van der Waals surface area contributed by atoms with E-state index in [1.165, 1.54) is 0 Å². The Morgan fingerprint density at radius 2 is 1.84 bits per heavy atom. The second kappa shape index (κ2) is 14.0. The molecular weight excluding hydrogens is 536 g/mol. The number of aromatic nitrogens is 1. The minimum absolute atomic E-state index is 0.00109. The van der Waals surface area contributed by atoms with Gasteiger partial charge in [0.1, 0.15) is 28.8 Å². The van der Waals surface area contributed by atoms with Crippen molar-refractivity contribution in [2.45, 2.75) is 58.0 Å². The lowest BCUT2D eigenvalue weighted by Crippen LogP contribution is -2.34. The molecule has 11 nitrogen and oxygen atoms in total. The molecule has 15 heteroatoms. The predicted octanol–water partition coefficient (Wildman–Crippen LogP) is 2.29. The SMILES string of the molecule is CC(C)NC(=O)CC(O)CC(O)CCNC(=O)Nc1snc(OCc2c(F)cc(Cl)cc2F)c1C(N)=O. The van der Waals surface area contributed by atoms with Gasteiger partial charge in [-0.2, -0.15) is 4.37 Å². The standard InChI is InChI=1S/C22H28ClF2N5O6S/c1-10(2)28-17(33)8-13(32)7-12(31)3-4-27-22(35)29-21-18(19(26)34)20(30-37-21)36-9-14-15(24)5-11(23)6-16(14)25/h5-6,10,12-13,31-32H,3-4,7-9H2,1-2H3,(H2,26,34)(H,28,33)(H2,27,29,35). The molecule has 2 atom stereocenters. The number of ether oxygens (including phenoxy) is 1. The monoisotopic (exact) mass is 563 g/mol. The Kier molecular flexibility index (Phi) is 11.4. The smallest absolute Gasteiger partial charge is 0.319 e. The molecule has 0 bridgehead atoms. The van der Waals surface area contributed by atoms with Crippen LogP contribution in [0.1, 0.15) is 49.0 Å². The topological polar surface area (TPSA) is 176 Å². The highest BCUT2D eigenvalue weighted by Gasteiger charge is 2.23. The quantitative estimate of drug-likeness (QED) is 0.216. The molecule has 0 aliphatic heterocycles. The van der Waals surface area contributed by atoms with Crippen LogP contribution in [0.25, 0.3) is 0 Å². The van der Waals surface area contributed by atoms with Crippen molar-refractivity contribution in [2.24, 2.45) is 5.73 Å². The average molecular weight is 564 g/mol. The molecule has 2 rings (SSSR count). The predicted molar refractivity (Wildman–Crippen MR) is 132 cm³/mol. The number of carbonyl (C=O) groups excluding carboxylic acids is 3. The molecule has 204 valence electrons. The second-order valence-corrected chi connectivity index (χ2v) is 9.54. The molecule has 7 N–H and O–H groups in total. The first-order chi connectivity index (χ1) is 17.4. The summed E-state index contributed by atoms with van der Waals surface area (Å²) in [6.07, 6.45) is -2.18. The number of hydrogen-bond acceptors (Lipinski definition) is 8. The lowest BCUT2D eigenvalue weighted by atomic mass is 10.1. The Balaban J connectivity index is 1.87. The average Bonchev–Trinajstić information content (AvgIpc) is 3.14. The molecule has 1 heterocycles. The number of anilines is 1. The van der Waals surface area contributed by atoms with E-state index in [0.29, 0.717) is 11.5 Å². The van der Waals surface area contributed by atoms with Gasteiger partial charge >= 0.3 is 6.03 Å². The Labute approximate surface area is 220 Å². The molecule has 2 unspecified atom stereocenters. The van der Waals surface area contributed by atoms with Gasteiger partial charge in [-0.1, -0.05) is 11.6 Å². The number of rotatable bonds is 13. The molecule has 1 aromatic carbocycles. The van der Waals surface area contributed by atoms with Gasteiger partial charge < -0.3 is 31.3 Å². The van der Waals surface area contributed by atoms with Crippen molar-refractivity contribution < 1.29 is 38.1 Å². The number of carbonyl (C=O) groups is 3. The summed E-state index contributed by atoms with van der Waals surface area (Å²) in [5.41, 5.74) is 4.62. The van der Waals surface area contributed by atoms with Crippen molar-refractivity contribution in [1.29, 1.82) is 0 Å². The van der Waals surface area contributed by atoms with Crippen LogP contribution >= 0.6 is 23.1 Å². The summed E-state index contributed by atoms with van der Waals surface area (Å²) in [5.74, 6) is -3.57. The molecule has 0 fully saturated rings. The summed E-state index contributed by atoms with van der Waals surface area (Å²) < 4.78 is 37.1. The van der Waals surface area contributed by atoms with Crippen LogP contribution in [0, 0.1) is 11.6 Å². The van der Waals surface area contributed by atoms with Gasteiger partial charge in [0.05, 0.1) is 24.2 Å². The highest BCUT2D eigenvalue weighted by atomic mass is 35.5. The first-order valence-corrected chi connectivity index (χ1v) is 12.3. The van der Waals surface area contributed by atoms with Crippen LogP contribution in [0.5, 0.6) is 5.88 Å². The van der Waals surface area contributed by atoms with Crippen molar-refractivity contribution in [3.63, 3.8) is 0 Å². The van der Waals surface area contributed by atoms with Gasteiger partial charge in [-0.3, -0.25) is 14.9 Å². The maximum absolute atomic E-state index is 14.0. The summed E-state index contributed by atoms with van der Waals surface area (Å²) in [6, 6.07) is 0.977. The van der Waals surface area contributed by atoms with Crippen LogP contribution in [-0.2, 0) is 11.4 Å². The number of benzene rings is 1. The molecular formula is C22H28ClF2N5O6S. The number of halogens is 3. The normalized spacial score (nSPS) is 12.6. The summed E-state index contributed by atoms with van der Waals surface area (Å²) in [7, 11) is 0. The van der Waals surface area contributed by atoms with Crippen LogP contribution in [0.3, 0.4) is 0 Å². The molecule has 0 radical (unpaired) electrons. The zero-order valence-electron chi connectivity index (χ0n) is 20.0. The van der Waals surface area contributed by atoms with E-state index in [9.17, 15) is 33.4 Å². The first kappa shape index (κ1) is 30.2. The fourth-order valence-electron chi connectivity index (χ4n) is 3.14. The van der Waals surface area contributed by atoms with Crippen molar-refractivity contribution in [3.05, 3.63) is 39.9 Å². The molecule has 0 spiro atoms. The maximum atomic E-state index is 14.0. The number of nitrogens with zero attached hydrogens (tertiary/aromatic N) is 1. The Bertz CT molecular complexity index is 1100. The Morgan fingerprint density at radius 1 is 1.19 bits per heavy atom. The van der Waals surface area contributed by atoms with Gasteiger partial charge in [-0.15, -0.1) is 0 Å². The van der Waals surface area contributed by atoms with Crippen LogP contribution in [0.2, 0.25) is 5.02 Å². The number of nitrogens with two attached hydrogens (primary N) is 1. The highest BCUT2D eigenvalue weighted by Crippen LogP contribution is 2.31. The summed E-state index contributed by atoms with van der Waals surface area (Å²) in [5, 5.41) is 27.2. The first-order valence-electron chi connectivity index (χ1n) is 11.1. The molecule has 1 aromatic heterocycles. The minimum Gasteiger partial charge on any atom is -0.471 e. The number of aliphatic hydroxyl groups is 2. The number of urea groups is 1. The molecule has 0 aliphatic rings. The lowest BCUT2D eigenvalue weighted by Gasteiger charge is -2.16. The number of hydrogen-bond donors (Lipinski definition) is 6.